The van der Waals surface area contributed by atoms with Crippen LogP contribution in [0.15, 0.2) is 42.6 Å². The Bertz CT molecular complexity index is 1200. The van der Waals surface area contributed by atoms with Gasteiger partial charge in [0.25, 0.3) is 0 Å². The van der Waals surface area contributed by atoms with Crippen molar-refractivity contribution in [2.24, 2.45) is 0 Å². The molecule has 3 N–H and O–H groups in total. The fourth-order valence-corrected chi connectivity index (χ4v) is 3.87. The zero-order valence-electron chi connectivity index (χ0n) is 18.4. The van der Waals surface area contributed by atoms with Crippen molar-refractivity contribution in [1.82, 2.24) is 20.4 Å². The van der Waals surface area contributed by atoms with E-state index in [-0.39, 0.29) is 17.4 Å². The first kappa shape index (κ1) is 21.8. The largest absolute Gasteiger partial charge is 0.368 e. The molecule has 32 heavy (non-hydrogen) atoms. The standard InChI is InChI=1S/C24H25F2N5O/c1-13-21-19(30-23(27)29-13)10-14(11-20(21)31-32-24(2,3)4)16-8-7-15(25)12-18(16)17-6-5-9-28-22(17)26/h5-9,11-12,14,31H,10H2,1-4H3,(H2,27,29,30). The van der Waals surface area contributed by atoms with Crippen LogP contribution in [0.3, 0.4) is 0 Å². The maximum absolute atomic E-state index is 14.5. The van der Waals surface area contributed by atoms with Crippen molar-refractivity contribution in [1.29, 1.82) is 0 Å². The third-order valence-corrected chi connectivity index (χ3v) is 5.16. The van der Waals surface area contributed by atoms with E-state index in [0.717, 1.165) is 22.5 Å². The van der Waals surface area contributed by atoms with Gasteiger partial charge < -0.3 is 5.73 Å². The van der Waals surface area contributed by atoms with Crippen molar-refractivity contribution < 1.29 is 13.6 Å². The van der Waals surface area contributed by atoms with Gasteiger partial charge in [-0.05, 0) is 63.1 Å². The van der Waals surface area contributed by atoms with E-state index >= 15 is 0 Å². The number of hydroxylamine groups is 1. The number of fused-ring (bicyclic) bond motifs is 1. The van der Waals surface area contributed by atoms with E-state index in [9.17, 15) is 8.78 Å². The lowest BCUT2D eigenvalue weighted by atomic mass is 9.82. The summed E-state index contributed by atoms with van der Waals surface area (Å²) >= 11 is 0. The Hall–Kier alpha value is -3.39. The van der Waals surface area contributed by atoms with Gasteiger partial charge in [-0.25, -0.2) is 19.3 Å². The normalized spacial score (nSPS) is 15.8. The number of anilines is 1. The molecule has 6 nitrogen and oxygen atoms in total. The molecule has 3 aromatic rings. The van der Waals surface area contributed by atoms with Gasteiger partial charge in [-0.1, -0.05) is 12.1 Å². The number of allylic oxidation sites excluding steroid dienone is 1. The lowest BCUT2D eigenvalue weighted by Gasteiger charge is -2.29. The lowest BCUT2D eigenvalue weighted by Crippen LogP contribution is -2.30. The Balaban J connectivity index is 1.85. The summed E-state index contributed by atoms with van der Waals surface area (Å²) in [5, 5.41) is 0. The predicted molar refractivity (Wildman–Crippen MR) is 119 cm³/mol. The summed E-state index contributed by atoms with van der Waals surface area (Å²) in [6, 6.07) is 7.59. The average molecular weight is 437 g/mol. The number of nitrogens with zero attached hydrogens (tertiary/aromatic N) is 3. The number of aryl methyl sites for hydroxylation is 1. The molecule has 4 rings (SSSR count). The van der Waals surface area contributed by atoms with Gasteiger partial charge in [0.1, 0.15) is 5.82 Å². The molecule has 0 saturated heterocycles. The van der Waals surface area contributed by atoms with E-state index in [2.05, 4.69) is 20.4 Å². The number of hydrogen-bond donors (Lipinski definition) is 2. The smallest absolute Gasteiger partial charge is 0.220 e. The van der Waals surface area contributed by atoms with E-state index in [4.69, 9.17) is 10.6 Å². The summed E-state index contributed by atoms with van der Waals surface area (Å²) < 4.78 is 28.7. The molecule has 1 aliphatic rings. The van der Waals surface area contributed by atoms with E-state index in [1.165, 1.54) is 18.3 Å². The second-order valence-electron chi connectivity index (χ2n) is 8.77. The van der Waals surface area contributed by atoms with Gasteiger partial charge in [0.05, 0.1) is 22.7 Å². The minimum absolute atomic E-state index is 0.177. The summed E-state index contributed by atoms with van der Waals surface area (Å²) in [5.41, 5.74) is 12.9. The molecule has 0 bridgehead atoms. The highest BCUT2D eigenvalue weighted by Crippen LogP contribution is 2.39. The van der Waals surface area contributed by atoms with Gasteiger partial charge in [-0.15, -0.1) is 0 Å². The Morgan fingerprint density at radius 3 is 2.62 bits per heavy atom. The maximum atomic E-state index is 14.5. The van der Waals surface area contributed by atoms with E-state index in [1.54, 1.807) is 18.2 Å². The number of halogens is 2. The fraction of sp³-hybridized carbons (Fsp3) is 0.292. The Kier molecular flexibility index (Phi) is 5.64. The summed E-state index contributed by atoms with van der Waals surface area (Å²) in [7, 11) is 0. The highest BCUT2D eigenvalue weighted by molar-refractivity contribution is 5.74. The van der Waals surface area contributed by atoms with Crippen molar-refractivity contribution in [2.45, 2.75) is 45.6 Å². The van der Waals surface area contributed by atoms with Crippen molar-refractivity contribution in [2.75, 3.05) is 5.73 Å². The van der Waals surface area contributed by atoms with Crippen LogP contribution < -0.4 is 11.2 Å². The van der Waals surface area contributed by atoms with Crippen LogP contribution in [0, 0.1) is 18.7 Å². The van der Waals surface area contributed by atoms with Crippen LogP contribution in [0.4, 0.5) is 14.7 Å². The van der Waals surface area contributed by atoms with Crippen LogP contribution in [-0.2, 0) is 11.3 Å². The van der Waals surface area contributed by atoms with Gasteiger partial charge in [0.15, 0.2) is 0 Å². The van der Waals surface area contributed by atoms with E-state index in [1.807, 2.05) is 33.8 Å². The second-order valence-corrected chi connectivity index (χ2v) is 8.77. The highest BCUT2D eigenvalue weighted by atomic mass is 19.1. The molecule has 1 atom stereocenters. The van der Waals surface area contributed by atoms with Gasteiger partial charge in [0, 0.05) is 29.7 Å². The lowest BCUT2D eigenvalue weighted by molar-refractivity contribution is -0.0473. The quantitative estimate of drug-likeness (QED) is 0.454. The zero-order valence-corrected chi connectivity index (χ0v) is 18.4. The molecule has 0 amide bonds. The number of aromatic nitrogens is 3. The molecule has 8 heteroatoms. The minimum Gasteiger partial charge on any atom is -0.368 e. The molecule has 1 aliphatic carbocycles. The third-order valence-electron chi connectivity index (χ3n) is 5.16. The van der Waals surface area contributed by atoms with E-state index in [0.29, 0.717) is 17.7 Å². The first-order valence-electron chi connectivity index (χ1n) is 10.3. The Morgan fingerprint density at radius 1 is 1.12 bits per heavy atom. The number of nitrogen functional groups attached to an aromatic ring is 1. The molecule has 2 aromatic heterocycles. The van der Waals surface area contributed by atoms with E-state index < -0.39 is 17.4 Å². The first-order valence-corrected chi connectivity index (χ1v) is 10.3. The van der Waals surface area contributed by atoms with Crippen LogP contribution in [0.25, 0.3) is 16.8 Å². The van der Waals surface area contributed by atoms with Crippen LogP contribution in [0.2, 0.25) is 0 Å². The van der Waals surface area contributed by atoms with Crippen LogP contribution in [0.1, 0.15) is 49.2 Å². The SMILES string of the molecule is Cc1nc(N)nc2c1C(NOC(C)(C)C)=CC(c1ccc(F)cc1-c1cccnc1F)C2. The molecule has 0 radical (unpaired) electrons. The summed E-state index contributed by atoms with van der Waals surface area (Å²) in [6.07, 6.45) is 3.83. The Morgan fingerprint density at radius 2 is 1.91 bits per heavy atom. The molecule has 0 spiro atoms. The van der Waals surface area contributed by atoms with Gasteiger partial charge in [0.2, 0.25) is 11.9 Å². The first-order chi connectivity index (χ1) is 15.1. The molecule has 0 fully saturated rings. The predicted octanol–water partition coefficient (Wildman–Crippen LogP) is 4.71. The van der Waals surface area contributed by atoms with Gasteiger partial charge in [-0.2, -0.15) is 4.39 Å². The summed E-state index contributed by atoms with van der Waals surface area (Å²) in [5.74, 6) is -1.17. The number of pyridine rings is 1. The number of nitrogens with two attached hydrogens (primary N) is 1. The molecule has 0 saturated carbocycles. The third kappa shape index (κ3) is 4.45. The van der Waals surface area contributed by atoms with Crippen molar-refractivity contribution in [3.8, 4) is 11.1 Å². The maximum Gasteiger partial charge on any atom is 0.220 e. The molecule has 1 unspecified atom stereocenters. The van der Waals surface area contributed by atoms with Crippen molar-refractivity contribution in [3.05, 3.63) is 76.9 Å². The molecule has 1 aromatic carbocycles. The summed E-state index contributed by atoms with van der Waals surface area (Å²) in [6.45, 7) is 7.64. The molecular weight excluding hydrogens is 412 g/mol. The van der Waals surface area contributed by atoms with Crippen LogP contribution in [0.5, 0.6) is 0 Å². The second kappa shape index (κ2) is 8.27. The Labute approximate surface area is 185 Å². The van der Waals surface area contributed by atoms with Crippen LogP contribution >= 0.6 is 0 Å². The highest BCUT2D eigenvalue weighted by Gasteiger charge is 2.28. The molecule has 166 valence electrons. The number of benzene rings is 1. The monoisotopic (exact) mass is 437 g/mol. The molecular formula is C24H25F2N5O. The van der Waals surface area contributed by atoms with Crippen LogP contribution in [-0.4, -0.2) is 20.6 Å². The van der Waals surface area contributed by atoms with Crippen molar-refractivity contribution in [3.63, 3.8) is 0 Å². The molecule has 0 aliphatic heterocycles. The number of hydrogen-bond acceptors (Lipinski definition) is 6. The topological polar surface area (TPSA) is 86.0 Å². The fourth-order valence-electron chi connectivity index (χ4n) is 3.87. The van der Waals surface area contributed by atoms with Gasteiger partial charge in [-0.3, -0.25) is 10.3 Å². The zero-order chi connectivity index (χ0) is 23.0. The average Bonchev–Trinajstić information content (AvgIpc) is 2.71. The number of rotatable bonds is 4. The number of nitrogens with one attached hydrogen (secondary N) is 1. The van der Waals surface area contributed by atoms with Crippen molar-refractivity contribution >= 4 is 11.6 Å². The minimum atomic E-state index is -0.656. The summed E-state index contributed by atoms with van der Waals surface area (Å²) in [4.78, 5) is 18.3. The van der Waals surface area contributed by atoms with Gasteiger partial charge >= 0.3 is 0 Å². The molecule has 2 heterocycles.